The molecule has 2 aliphatic rings. The van der Waals surface area contributed by atoms with E-state index in [9.17, 15) is 14.4 Å². The number of carbonyl (C=O) groups excluding carboxylic acids is 3. The Hall–Kier alpha value is -3.93. The second-order valence-electron chi connectivity index (χ2n) is 8.54. The Morgan fingerprint density at radius 1 is 0.909 bits per heavy atom. The van der Waals surface area contributed by atoms with Crippen LogP contribution in [0.5, 0.6) is 0 Å². The van der Waals surface area contributed by atoms with E-state index >= 15 is 0 Å². The number of benzene rings is 3. The summed E-state index contributed by atoms with van der Waals surface area (Å²) < 4.78 is 0. The SMILES string of the molecule is O=C1NC2(CCCc3ccccc32)C(=O)N1CC(=O)N(Cc1ccccc1)c1ccccc1. The second-order valence-corrected chi connectivity index (χ2v) is 8.54. The topological polar surface area (TPSA) is 69.7 Å². The normalized spacial score (nSPS) is 19.3. The van der Waals surface area contributed by atoms with Gasteiger partial charge in [0, 0.05) is 5.69 Å². The first kappa shape index (κ1) is 20.9. The first-order valence-electron chi connectivity index (χ1n) is 11.2. The Balaban J connectivity index is 1.42. The van der Waals surface area contributed by atoms with Gasteiger partial charge < -0.3 is 10.2 Å². The number of amides is 4. The fraction of sp³-hybridized carbons (Fsp3) is 0.222. The molecule has 1 fully saturated rings. The Morgan fingerprint density at radius 2 is 1.58 bits per heavy atom. The largest absolute Gasteiger partial charge is 0.325 e. The molecule has 4 amide bonds. The lowest BCUT2D eigenvalue weighted by atomic mass is 9.76. The zero-order valence-electron chi connectivity index (χ0n) is 18.2. The minimum atomic E-state index is -1.08. The second kappa shape index (κ2) is 8.54. The molecular weight excluding hydrogens is 414 g/mol. The summed E-state index contributed by atoms with van der Waals surface area (Å²) in [5.74, 6) is -0.657. The Bertz CT molecular complexity index is 1200. The van der Waals surface area contributed by atoms with Crippen LogP contribution in [0.15, 0.2) is 84.9 Å². The molecule has 1 aliphatic heterocycles. The third kappa shape index (κ3) is 3.78. The van der Waals surface area contributed by atoms with E-state index in [1.165, 1.54) is 0 Å². The first-order valence-corrected chi connectivity index (χ1v) is 11.2. The lowest BCUT2D eigenvalue weighted by Gasteiger charge is -2.33. The van der Waals surface area contributed by atoms with Crippen LogP contribution in [0.2, 0.25) is 0 Å². The van der Waals surface area contributed by atoms with Gasteiger partial charge in [0.05, 0.1) is 6.54 Å². The van der Waals surface area contributed by atoms with E-state index in [-0.39, 0.29) is 18.4 Å². The van der Waals surface area contributed by atoms with Crippen molar-refractivity contribution in [3.05, 3.63) is 102 Å². The van der Waals surface area contributed by atoms with Crippen LogP contribution in [0.4, 0.5) is 10.5 Å². The predicted molar refractivity (Wildman–Crippen MR) is 125 cm³/mol. The number of nitrogens with one attached hydrogen (secondary N) is 1. The molecule has 0 bridgehead atoms. The molecule has 0 aromatic heterocycles. The van der Waals surface area contributed by atoms with Gasteiger partial charge >= 0.3 is 6.03 Å². The summed E-state index contributed by atoms with van der Waals surface area (Å²) in [6.45, 7) is 0.0393. The molecule has 1 heterocycles. The fourth-order valence-electron chi connectivity index (χ4n) is 4.87. The van der Waals surface area contributed by atoms with Gasteiger partial charge in [0.15, 0.2) is 0 Å². The number of nitrogens with zero attached hydrogens (tertiary/aromatic N) is 2. The van der Waals surface area contributed by atoms with Crippen LogP contribution >= 0.6 is 0 Å². The fourth-order valence-corrected chi connectivity index (χ4v) is 4.87. The summed E-state index contributed by atoms with van der Waals surface area (Å²) in [6, 6.07) is 26.2. The number of hydrogen-bond acceptors (Lipinski definition) is 3. The van der Waals surface area contributed by atoms with Gasteiger partial charge in [-0.15, -0.1) is 0 Å². The number of hydrogen-bond donors (Lipinski definition) is 1. The lowest BCUT2D eigenvalue weighted by molar-refractivity contribution is -0.135. The molecule has 0 saturated carbocycles. The van der Waals surface area contributed by atoms with Gasteiger partial charge in [-0.1, -0.05) is 72.8 Å². The maximum atomic E-state index is 13.6. The summed E-state index contributed by atoms with van der Waals surface area (Å²) >= 11 is 0. The average molecular weight is 440 g/mol. The maximum Gasteiger partial charge on any atom is 0.325 e. The first-order chi connectivity index (χ1) is 16.1. The van der Waals surface area contributed by atoms with Crippen LogP contribution in [-0.2, 0) is 28.1 Å². The van der Waals surface area contributed by atoms with E-state index < -0.39 is 11.6 Å². The number of anilines is 1. The molecule has 1 saturated heterocycles. The molecule has 1 unspecified atom stereocenters. The van der Waals surface area contributed by atoms with E-state index in [0.29, 0.717) is 13.0 Å². The minimum Gasteiger partial charge on any atom is -0.319 e. The van der Waals surface area contributed by atoms with Crippen molar-refractivity contribution in [2.24, 2.45) is 0 Å². The minimum absolute atomic E-state index is 0.309. The van der Waals surface area contributed by atoms with Crippen molar-refractivity contribution in [1.82, 2.24) is 10.2 Å². The number of para-hydroxylation sites is 1. The van der Waals surface area contributed by atoms with Gasteiger partial charge in [0.1, 0.15) is 12.1 Å². The van der Waals surface area contributed by atoms with Crippen molar-refractivity contribution in [2.75, 3.05) is 11.4 Å². The molecule has 6 heteroatoms. The lowest BCUT2D eigenvalue weighted by Crippen LogP contribution is -2.47. The monoisotopic (exact) mass is 439 g/mol. The van der Waals surface area contributed by atoms with Crippen LogP contribution in [0.25, 0.3) is 0 Å². The molecule has 3 aromatic rings. The van der Waals surface area contributed by atoms with Crippen molar-refractivity contribution < 1.29 is 14.4 Å². The zero-order chi connectivity index (χ0) is 22.8. The van der Waals surface area contributed by atoms with E-state index in [0.717, 1.165) is 40.1 Å². The summed E-state index contributed by atoms with van der Waals surface area (Å²) in [5, 5.41) is 2.93. The quantitative estimate of drug-likeness (QED) is 0.611. The van der Waals surface area contributed by atoms with Gasteiger partial charge in [-0.25, -0.2) is 4.79 Å². The van der Waals surface area contributed by atoms with Gasteiger partial charge in [-0.3, -0.25) is 14.5 Å². The van der Waals surface area contributed by atoms with Gasteiger partial charge in [0.25, 0.3) is 5.91 Å². The standard InChI is InChI=1S/C27H25N3O3/c31-24(29(22-14-5-2-6-15-22)18-20-10-3-1-4-11-20)19-30-25(32)27(28-26(30)33)17-9-13-21-12-7-8-16-23(21)27/h1-8,10-12,14-16H,9,13,17-19H2,(H,28,33). The third-order valence-corrected chi connectivity index (χ3v) is 6.50. The van der Waals surface area contributed by atoms with Crippen LogP contribution in [-0.4, -0.2) is 29.3 Å². The van der Waals surface area contributed by atoms with Gasteiger partial charge in [-0.2, -0.15) is 0 Å². The van der Waals surface area contributed by atoms with Gasteiger partial charge in [-0.05, 0) is 48.1 Å². The van der Waals surface area contributed by atoms with Crippen molar-refractivity contribution >= 4 is 23.5 Å². The summed E-state index contributed by atoms with van der Waals surface area (Å²) in [4.78, 5) is 42.7. The molecule has 1 N–H and O–H groups in total. The number of fused-ring (bicyclic) bond motifs is 2. The molecular formula is C27H25N3O3. The van der Waals surface area contributed by atoms with Crippen molar-refractivity contribution in [3.63, 3.8) is 0 Å². The molecule has 3 aromatic carbocycles. The molecule has 5 rings (SSSR count). The number of carbonyl (C=O) groups is 3. The van der Waals surface area contributed by atoms with E-state index in [4.69, 9.17) is 0 Å². The highest BCUT2D eigenvalue weighted by atomic mass is 16.2. The highest BCUT2D eigenvalue weighted by molar-refractivity contribution is 6.11. The van der Waals surface area contributed by atoms with Crippen LogP contribution in [0, 0.1) is 0 Å². The third-order valence-electron chi connectivity index (χ3n) is 6.50. The highest BCUT2D eigenvalue weighted by Crippen LogP contribution is 2.39. The highest BCUT2D eigenvalue weighted by Gasteiger charge is 2.54. The van der Waals surface area contributed by atoms with E-state index in [1.54, 1.807) is 4.90 Å². The molecule has 33 heavy (non-hydrogen) atoms. The van der Waals surface area contributed by atoms with Gasteiger partial charge in [0.2, 0.25) is 5.91 Å². The van der Waals surface area contributed by atoms with Crippen molar-refractivity contribution in [2.45, 2.75) is 31.3 Å². The number of aryl methyl sites for hydroxylation is 1. The molecule has 6 nitrogen and oxygen atoms in total. The molecule has 166 valence electrons. The zero-order valence-corrected chi connectivity index (χ0v) is 18.2. The average Bonchev–Trinajstić information content (AvgIpc) is 3.08. The molecule has 1 aliphatic carbocycles. The van der Waals surface area contributed by atoms with Crippen LogP contribution < -0.4 is 10.2 Å². The smallest absolute Gasteiger partial charge is 0.319 e. The summed E-state index contributed by atoms with van der Waals surface area (Å²) in [6.07, 6.45) is 2.21. The maximum absolute atomic E-state index is 13.6. The van der Waals surface area contributed by atoms with Crippen molar-refractivity contribution in [1.29, 1.82) is 0 Å². The Morgan fingerprint density at radius 3 is 2.33 bits per heavy atom. The Labute approximate surface area is 192 Å². The predicted octanol–water partition coefficient (Wildman–Crippen LogP) is 4.00. The van der Waals surface area contributed by atoms with Crippen molar-refractivity contribution in [3.8, 4) is 0 Å². The van der Waals surface area contributed by atoms with Crippen LogP contribution in [0.3, 0.4) is 0 Å². The van der Waals surface area contributed by atoms with E-state index in [1.807, 2.05) is 84.9 Å². The van der Waals surface area contributed by atoms with E-state index in [2.05, 4.69) is 5.32 Å². The number of rotatable bonds is 5. The molecule has 0 radical (unpaired) electrons. The number of urea groups is 1. The summed E-state index contributed by atoms with van der Waals surface area (Å²) in [7, 11) is 0. The van der Waals surface area contributed by atoms with Crippen LogP contribution in [0.1, 0.15) is 29.5 Å². The molecule has 1 atom stereocenters. The molecule has 1 spiro atoms. The number of imide groups is 1. The Kier molecular flexibility index (Phi) is 5.42. The summed E-state index contributed by atoms with van der Waals surface area (Å²) in [5.41, 5.74) is 2.51.